The molecule has 2 aromatic heterocycles. The molecule has 0 radical (unpaired) electrons. The molecule has 25 heavy (non-hydrogen) atoms. The quantitative estimate of drug-likeness (QED) is 0.594. The highest BCUT2D eigenvalue weighted by atomic mass is 32.2. The van der Waals surface area contributed by atoms with Crippen molar-refractivity contribution < 1.29 is 13.2 Å². The molecule has 0 fully saturated rings. The summed E-state index contributed by atoms with van der Waals surface area (Å²) < 4.78 is 37.8. The third kappa shape index (κ3) is 4.60. The van der Waals surface area contributed by atoms with Crippen molar-refractivity contribution in [2.24, 2.45) is 0 Å². The molecular weight excluding hydrogens is 369 g/mol. The highest BCUT2D eigenvalue weighted by Gasteiger charge is 2.30. The van der Waals surface area contributed by atoms with Gasteiger partial charge in [-0.3, -0.25) is 5.10 Å². The summed E-state index contributed by atoms with van der Waals surface area (Å²) in [6.07, 6.45) is -2.46. The van der Waals surface area contributed by atoms with E-state index in [0.29, 0.717) is 21.5 Å². The Morgan fingerprint density at radius 3 is 2.60 bits per heavy atom. The lowest BCUT2D eigenvalue weighted by atomic mass is 10.1. The highest BCUT2D eigenvalue weighted by molar-refractivity contribution is 7.98. The number of aryl methyl sites for hydroxylation is 1. The number of nitrogens with one attached hydrogen (secondary N) is 1. The van der Waals surface area contributed by atoms with Crippen LogP contribution >= 0.6 is 23.1 Å². The second-order valence-corrected chi connectivity index (χ2v) is 7.12. The van der Waals surface area contributed by atoms with E-state index in [9.17, 15) is 13.2 Å². The van der Waals surface area contributed by atoms with E-state index in [1.54, 1.807) is 0 Å². The summed E-state index contributed by atoms with van der Waals surface area (Å²) in [7, 11) is 0. The van der Waals surface area contributed by atoms with E-state index in [2.05, 4.69) is 27.1 Å². The number of benzene rings is 1. The lowest BCUT2D eigenvalue weighted by Crippen LogP contribution is -2.03. The number of H-pyrrole nitrogens is 1. The molecule has 4 nitrogen and oxygen atoms in total. The number of aromatic nitrogens is 4. The van der Waals surface area contributed by atoms with Gasteiger partial charge in [0.1, 0.15) is 10.8 Å². The Bertz CT molecular complexity index is 825. The fourth-order valence-corrected chi connectivity index (χ4v) is 3.78. The van der Waals surface area contributed by atoms with E-state index in [1.807, 2.05) is 5.38 Å². The summed E-state index contributed by atoms with van der Waals surface area (Å²) in [5, 5.41) is 10.3. The van der Waals surface area contributed by atoms with Gasteiger partial charge in [-0.2, -0.15) is 13.2 Å². The molecule has 0 aliphatic carbocycles. The van der Waals surface area contributed by atoms with Crippen molar-refractivity contribution in [1.29, 1.82) is 0 Å². The Labute approximate surface area is 150 Å². The summed E-state index contributed by atoms with van der Waals surface area (Å²) in [5.41, 5.74) is 0.875. The van der Waals surface area contributed by atoms with Crippen molar-refractivity contribution in [1.82, 2.24) is 20.2 Å². The molecule has 0 saturated carbocycles. The Balaban J connectivity index is 1.63. The van der Waals surface area contributed by atoms with Crippen molar-refractivity contribution in [3.8, 4) is 10.6 Å². The zero-order valence-corrected chi connectivity index (χ0v) is 14.9. The van der Waals surface area contributed by atoms with Crippen LogP contribution in [0.15, 0.2) is 34.8 Å². The van der Waals surface area contributed by atoms with Crippen LogP contribution in [0.25, 0.3) is 10.6 Å². The van der Waals surface area contributed by atoms with Gasteiger partial charge in [0.15, 0.2) is 0 Å². The molecular formula is C16H15F3N4S2. The smallest absolute Gasteiger partial charge is 0.262 e. The number of rotatable bonds is 6. The van der Waals surface area contributed by atoms with Crippen LogP contribution in [0, 0.1) is 0 Å². The minimum Gasteiger partial charge on any atom is -0.262 e. The van der Waals surface area contributed by atoms with Crippen LogP contribution in [0.4, 0.5) is 13.2 Å². The molecule has 0 atom stereocenters. The Morgan fingerprint density at radius 1 is 1.16 bits per heavy atom. The average Bonchev–Trinajstić information content (AvgIpc) is 3.22. The zero-order chi connectivity index (χ0) is 17.9. The molecule has 3 aromatic rings. The summed E-state index contributed by atoms with van der Waals surface area (Å²) >= 11 is 2.89. The fourth-order valence-electron chi connectivity index (χ4n) is 2.14. The Kier molecular flexibility index (Phi) is 5.43. The third-order valence-electron chi connectivity index (χ3n) is 3.36. The van der Waals surface area contributed by atoms with Gasteiger partial charge in [-0.05, 0) is 18.6 Å². The molecule has 132 valence electrons. The van der Waals surface area contributed by atoms with E-state index in [-0.39, 0.29) is 0 Å². The van der Waals surface area contributed by atoms with Crippen molar-refractivity contribution >= 4 is 23.1 Å². The van der Waals surface area contributed by atoms with Crippen LogP contribution in [0.2, 0.25) is 0 Å². The topological polar surface area (TPSA) is 54.5 Å². The van der Waals surface area contributed by atoms with Crippen molar-refractivity contribution in [3.63, 3.8) is 0 Å². The normalized spacial score (nSPS) is 11.8. The second-order valence-electron chi connectivity index (χ2n) is 5.32. The molecule has 0 saturated heterocycles. The first-order valence-corrected chi connectivity index (χ1v) is 9.48. The van der Waals surface area contributed by atoms with Gasteiger partial charge in [0.2, 0.25) is 5.16 Å². The molecule has 0 amide bonds. The van der Waals surface area contributed by atoms with Crippen LogP contribution in [-0.2, 0) is 18.3 Å². The predicted octanol–water partition coefficient (Wildman–Crippen LogP) is 5.19. The van der Waals surface area contributed by atoms with E-state index in [1.165, 1.54) is 35.2 Å². The number of nitrogens with zero attached hydrogens (tertiary/aromatic N) is 3. The minimum absolute atomic E-state index is 0.612. The first-order chi connectivity index (χ1) is 12.0. The molecule has 1 aromatic carbocycles. The standard InChI is InChI=1S/C16H15F3N4S2/c1-2-3-13-21-15(23-22-13)25-9-12-8-24-14(20-12)10-4-6-11(7-5-10)16(17,18)19/h4-8H,2-3,9H2,1H3,(H,21,22,23). The maximum absolute atomic E-state index is 12.6. The highest BCUT2D eigenvalue weighted by Crippen LogP contribution is 2.32. The molecule has 2 heterocycles. The van der Waals surface area contributed by atoms with Gasteiger partial charge < -0.3 is 0 Å². The average molecular weight is 384 g/mol. The van der Waals surface area contributed by atoms with Gasteiger partial charge in [-0.1, -0.05) is 30.8 Å². The number of hydrogen-bond donors (Lipinski definition) is 1. The van der Waals surface area contributed by atoms with Crippen molar-refractivity contribution in [3.05, 3.63) is 46.7 Å². The van der Waals surface area contributed by atoms with E-state index in [0.717, 1.165) is 36.5 Å². The third-order valence-corrected chi connectivity index (χ3v) is 5.18. The van der Waals surface area contributed by atoms with Crippen LogP contribution in [-0.4, -0.2) is 20.2 Å². The van der Waals surface area contributed by atoms with E-state index >= 15 is 0 Å². The molecule has 0 aliphatic heterocycles. The number of halogens is 3. The predicted molar refractivity (Wildman–Crippen MR) is 92.5 cm³/mol. The van der Waals surface area contributed by atoms with Crippen LogP contribution in [0.5, 0.6) is 0 Å². The molecule has 0 spiro atoms. The zero-order valence-electron chi connectivity index (χ0n) is 13.3. The second kappa shape index (κ2) is 7.57. The maximum atomic E-state index is 12.6. The molecule has 3 rings (SSSR count). The van der Waals surface area contributed by atoms with Crippen LogP contribution in [0.3, 0.4) is 0 Å². The Morgan fingerprint density at radius 2 is 1.92 bits per heavy atom. The maximum Gasteiger partial charge on any atom is 0.416 e. The van der Waals surface area contributed by atoms with Crippen molar-refractivity contribution in [2.45, 2.75) is 36.9 Å². The molecule has 0 unspecified atom stereocenters. The lowest BCUT2D eigenvalue weighted by Gasteiger charge is -2.06. The number of hydrogen-bond acceptors (Lipinski definition) is 5. The number of aromatic amines is 1. The van der Waals surface area contributed by atoms with Gasteiger partial charge in [0.05, 0.1) is 11.3 Å². The van der Waals surface area contributed by atoms with Crippen LogP contribution in [0.1, 0.15) is 30.4 Å². The largest absolute Gasteiger partial charge is 0.416 e. The molecule has 0 aliphatic rings. The molecule has 0 bridgehead atoms. The van der Waals surface area contributed by atoms with E-state index in [4.69, 9.17) is 0 Å². The van der Waals surface area contributed by atoms with E-state index < -0.39 is 11.7 Å². The summed E-state index contributed by atoms with van der Waals surface area (Å²) in [5.74, 6) is 1.48. The monoisotopic (exact) mass is 384 g/mol. The van der Waals surface area contributed by atoms with Gasteiger partial charge in [-0.15, -0.1) is 16.4 Å². The number of thiazole rings is 1. The van der Waals surface area contributed by atoms with Crippen LogP contribution < -0.4 is 0 Å². The summed E-state index contributed by atoms with van der Waals surface area (Å²) in [6.45, 7) is 2.08. The number of alkyl halides is 3. The molecule has 9 heteroatoms. The lowest BCUT2D eigenvalue weighted by molar-refractivity contribution is -0.137. The fraction of sp³-hybridized carbons (Fsp3) is 0.312. The minimum atomic E-state index is -4.32. The first-order valence-electron chi connectivity index (χ1n) is 7.62. The molecule has 1 N–H and O–H groups in total. The van der Waals surface area contributed by atoms with Gasteiger partial charge in [-0.25, -0.2) is 9.97 Å². The SMILES string of the molecule is CCCc1nc(SCc2csc(-c3ccc(C(F)(F)F)cc3)n2)n[nH]1. The Hall–Kier alpha value is -1.87. The summed E-state index contributed by atoms with van der Waals surface area (Å²) in [6, 6.07) is 5.05. The summed E-state index contributed by atoms with van der Waals surface area (Å²) in [4.78, 5) is 8.86. The van der Waals surface area contributed by atoms with Gasteiger partial charge in [0, 0.05) is 23.1 Å². The first kappa shape index (κ1) is 17.9. The van der Waals surface area contributed by atoms with Gasteiger partial charge >= 0.3 is 6.18 Å². The van der Waals surface area contributed by atoms with Gasteiger partial charge in [0.25, 0.3) is 0 Å². The number of thioether (sulfide) groups is 1. The van der Waals surface area contributed by atoms with Crippen molar-refractivity contribution in [2.75, 3.05) is 0 Å².